The van der Waals surface area contributed by atoms with E-state index >= 15 is 0 Å². The number of methoxy groups -OCH3 is 1. The molecule has 4 heteroatoms. The van der Waals surface area contributed by atoms with Crippen molar-refractivity contribution in [2.24, 2.45) is 4.99 Å². The molecule has 1 aliphatic rings. The van der Waals surface area contributed by atoms with E-state index in [0.717, 1.165) is 49.0 Å². The fourth-order valence-corrected chi connectivity index (χ4v) is 3.27. The fourth-order valence-electron chi connectivity index (χ4n) is 3.06. The minimum Gasteiger partial charge on any atom is -0.496 e. The SMILES string of the molecule is CCc1c(OC)cc(Cl)cc1C1(N=C=O)CCCC1. The van der Waals surface area contributed by atoms with E-state index < -0.39 is 5.54 Å². The minimum atomic E-state index is -0.453. The van der Waals surface area contributed by atoms with Gasteiger partial charge < -0.3 is 4.74 Å². The third-order valence-corrected chi connectivity index (χ3v) is 4.16. The summed E-state index contributed by atoms with van der Waals surface area (Å²) in [5, 5.41) is 0.622. The fraction of sp³-hybridized carbons (Fsp3) is 0.533. The van der Waals surface area contributed by atoms with Crippen molar-refractivity contribution in [1.82, 2.24) is 0 Å². The molecule has 1 aromatic carbocycles. The number of benzene rings is 1. The van der Waals surface area contributed by atoms with E-state index in [1.807, 2.05) is 12.1 Å². The van der Waals surface area contributed by atoms with E-state index in [-0.39, 0.29) is 0 Å². The number of carbonyl (C=O) groups excluding carboxylic acids is 1. The molecule has 0 spiro atoms. The van der Waals surface area contributed by atoms with Gasteiger partial charge in [0.1, 0.15) is 5.75 Å². The standard InChI is InChI=1S/C15H18ClNO2/c1-3-12-13(8-11(16)9-14(12)19-2)15(17-10-18)6-4-5-7-15/h8-9H,3-7H2,1-2H3. The smallest absolute Gasteiger partial charge is 0.235 e. The molecule has 0 radical (unpaired) electrons. The molecule has 3 nitrogen and oxygen atoms in total. The quantitative estimate of drug-likeness (QED) is 0.617. The Hall–Kier alpha value is -1.31. The molecule has 2 rings (SSSR count). The predicted molar refractivity (Wildman–Crippen MR) is 75.6 cm³/mol. The minimum absolute atomic E-state index is 0.453. The highest BCUT2D eigenvalue weighted by atomic mass is 35.5. The van der Waals surface area contributed by atoms with Crippen LogP contribution in [0.3, 0.4) is 0 Å². The lowest BCUT2D eigenvalue weighted by Gasteiger charge is -2.27. The van der Waals surface area contributed by atoms with Crippen LogP contribution in [0.4, 0.5) is 0 Å². The first-order chi connectivity index (χ1) is 9.16. The lowest BCUT2D eigenvalue weighted by Crippen LogP contribution is -2.21. The van der Waals surface area contributed by atoms with Crippen molar-refractivity contribution >= 4 is 17.7 Å². The number of hydrogen-bond acceptors (Lipinski definition) is 3. The lowest BCUT2D eigenvalue weighted by molar-refractivity contribution is 0.401. The van der Waals surface area contributed by atoms with E-state index in [9.17, 15) is 4.79 Å². The molecule has 1 aliphatic carbocycles. The Bertz CT molecular complexity index is 515. The van der Waals surface area contributed by atoms with Gasteiger partial charge in [0.15, 0.2) is 0 Å². The van der Waals surface area contributed by atoms with Crippen molar-refractivity contribution < 1.29 is 9.53 Å². The van der Waals surface area contributed by atoms with Gasteiger partial charge in [0, 0.05) is 5.02 Å². The zero-order valence-electron chi connectivity index (χ0n) is 11.3. The molecule has 0 aromatic heterocycles. The predicted octanol–water partition coefficient (Wildman–Crippen LogP) is 4.02. The van der Waals surface area contributed by atoms with E-state index in [0.29, 0.717) is 5.02 Å². The molecule has 0 atom stereocenters. The van der Waals surface area contributed by atoms with Crippen LogP contribution in [0.15, 0.2) is 17.1 Å². The second kappa shape index (κ2) is 5.77. The molecule has 19 heavy (non-hydrogen) atoms. The van der Waals surface area contributed by atoms with Crippen LogP contribution in [0, 0.1) is 0 Å². The molecule has 0 heterocycles. The first-order valence-corrected chi connectivity index (χ1v) is 7.00. The summed E-state index contributed by atoms with van der Waals surface area (Å²) in [6, 6.07) is 3.74. The summed E-state index contributed by atoms with van der Waals surface area (Å²) in [5.74, 6) is 0.775. The molecule has 0 unspecified atom stereocenters. The lowest BCUT2D eigenvalue weighted by atomic mass is 9.84. The first kappa shape index (κ1) is 14.1. The maximum atomic E-state index is 10.8. The van der Waals surface area contributed by atoms with Gasteiger partial charge in [-0.1, -0.05) is 31.4 Å². The van der Waals surface area contributed by atoms with Crippen LogP contribution in [-0.4, -0.2) is 13.2 Å². The molecule has 0 amide bonds. The van der Waals surface area contributed by atoms with Gasteiger partial charge in [-0.25, -0.2) is 4.79 Å². The Labute approximate surface area is 118 Å². The topological polar surface area (TPSA) is 38.7 Å². The number of ether oxygens (including phenoxy) is 1. The van der Waals surface area contributed by atoms with Crippen LogP contribution in [0.1, 0.15) is 43.7 Å². The summed E-state index contributed by atoms with van der Waals surface area (Å²) in [6.45, 7) is 2.07. The maximum Gasteiger partial charge on any atom is 0.235 e. The van der Waals surface area contributed by atoms with E-state index in [1.165, 1.54) is 0 Å². The maximum absolute atomic E-state index is 10.8. The first-order valence-electron chi connectivity index (χ1n) is 6.63. The van der Waals surface area contributed by atoms with Gasteiger partial charge in [0.25, 0.3) is 0 Å². The molecule has 1 saturated carbocycles. The van der Waals surface area contributed by atoms with Gasteiger partial charge in [0.2, 0.25) is 6.08 Å². The van der Waals surface area contributed by atoms with Crippen LogP contribution in [-0.2, 0) is 16.8 Å². The van der Waals surface area contributed by atoms with Gasteiger partial charge in [-0.3, -0.25) is 0 Å². The monoisotopic (exact) mass is 279 g/mol. The summed E-state index contributed by atoms with van der Waals surface area (Å²) in [4.78, 5) is 15.0. The van der Waals surface area contributed by atoms with Gasteiger partial charge in [0.05, 0.1) is 12.6 Å². The van der Waals surface area contributed by atoms with Crippen molar-refractivity contribution in [3.05, 3.63) is 28.3 Å². The second-order valence-corrected chi connectivity index (χ2v) is 5.37. The van der Waals surface area contributed by atoms with Crippen molar-refractivity contribution in [3.63, 3.8) is 0 Å². The zero-order valence-corrected chi connectivity index (χ0v) is 12.1. The van der Waals surface area contributed by atoms with Gasteiger partial charge in [-0.2, -0.15) is 4.99 Å². The third kappa shape index (κ3) is 2.54. The molecule has 1 fully saturated rings. The number of aliphatic imine (C=N–C) groups is 1. The number of isocyanates is 1. The van der Waals surface area contributed by atoms with E-state index in [4.69, 9.17) is 16.3 Å². The number of nitrogens with zero attached hydrogens (tertiary/aromatic N) is 1. The van der Waals surface area contributed by atoms with Crippen molar-refractivity contribution in [2.45, 2.75) is 44.6 Å². The normalized spacial score (nSPS) is 17.0. The largest absolute Gasteiger partial charge is 0.496 e. The third-order valence-electron chi connectivity index (χ3n) is 3.94. The Morgan fingerprint density at radius 1 is 1.42 bits per heavy atom. The summed E-state index contributed by atoms with van der Waals surface area (Å²) < 4.78 is 5.42. The summed E-state index contributed by atoms with van der Waals surface area (Å²) in [5.41, 5.74) is 1.67. The number of halogens is 1. The molecule has 0 bridgehead atoms. The van der Waals surface area contributed by atoms with E-state index in [2.05, 4.69) is 11.9 Å². The highest BCUT2D eigenvalue weighted by molar-refractivity contribution is 6.30. The molecule has 0 saturated heterocycles. The Kier molecular flexibility index (Phi) is 4.28. The van der Waals surface area contributed by atoms with Gasteiger partial charge in [-0.05, 0) is 42.5 Å². The van der Waals surface area contributed by atoms with Crippen LogP contribution in [0.5, 0.6) is 5.75 Å². The zero-order chi connectivity index (χ0) is 13.9. The average Bonchev–Trinajstić information content (AvgIpc) is 2.87. The Morgan fingerprint density at radius 3 is 2.63 bits per heavy atom. The Balaban J connectivity index is 2.65. The highest BCUT2D eigenvalue weighted by Crippen LogP contribution is 2.46. The van der Waals surface area contributed by atoms with Gasteiger partial charge >= 0.3 is 0 Å². The average molecular weight is 280 g/mol. The number of hydrogen-bond donors (Lipinski definition) is 0. The van der Waals surface area contributed by atoms with Crippen molar-refractivity contribution in [2.75, 3.05) is 7.11 Å². The van der Waals surface area contributed by atoms with Crippen LogP contribution in [0.2, 0.25) is 5.02 Å². The second-order valence-electron chi connectivity index (χ2n) is 4.93. The molecular weight excluding hydrogens is 262 g/mol. The van der Waals surface area contributed by atoms with E-state index in [1.54, 1.807) is 13.2 Å². The van der Waals surface area contributed by atoms with Crippen LogP contribution >= 0.6 is 11.6 Å². The van der Waals surface area contributed by atoms with Crippen LogP contribution in [0.25, 0.3) is 0 Å². The summed E-state index contributed by atoms with van der Waals surface area (Å²) >= 11 is 6.18. The van der Waals surface area contributed by atoms with Crippen LogP contribution < -0.4 is 4.74 Å². The molecule has 0 N–H and O–H groups in total. The molecule has 102 valence electrons. The summed E-state index contributed by atoms with van der Waals surface area (Å²) in [6.07, 6.45) is 6.47. The summed E-state index contributed by atoms with van der Waals surface area (Å²) in [7, 11) is 1.64. The highest BCUT2D eigenvalue weighted by Gasteiger charge is 2.38. The molecule has 1 aromatic rings. The number of rotatable bonds is 4. The Morgan fingerprint density at radius 2 is 2.11 bits per heavy atom. The molecular formula is C15H18ClNO2. The van der Waals surface area contributed by atoms with Crippen molar-refractivity contribution in [1.29, 1.82) is 0 Å². The molecule has 0 aliphatic heterocycles. The van der Waals surface area contributed by atoms with Gasteiger partial charge in [-0.15, -0.1) is 0 Å². The van der Waals surface area contributed by atoms with Crippen molar-refractivity contribution in [3.8, 4) is 5.75 Å².